The van der Waals surface area contributed by atoms with Gasteiger partial charge in [-0.15, -0.1) is 0 Å². The second-order valence-electron chi connectivity index (χ2n) is 7.89. The van der Waals surface area contributed by atoms with Crippen molar-refractivity contribution in [2.75, 3.05) is 24.7 Å². The number of nitrogens with zero attached hydrogens (tertiary/aromatic N) is 1. The highest BCUT2D eigenvalue weighted by Gasteiger charge is 2.56. The summed E-state index contributed by atoms with van der Waals surface area (Å²) in [4.78, 5) is 16.9. The molecule has 2 aliphatic heterocycles. The molecule has 0 aromatic heterocycles. The van der Waals surface area contributed by atoms with Crippen LogP contribution in [-0.4, -0.2) is 41.4 Å². The number of nitrogen functional groups attached to an aromatic ring is 1. The van der Waals surface area contributed by atoms with E-state index in [1.54, 1.807) is 26.8 Å². The number of aliphatic imine (C=N–C) groups is 1. The number of nitrogens with one attached hydrogen (secondary N) is 1. The summed E-state index contributed by atoms with van der Waals surface area (Å²) in [7, 11) is 0. The van der Waals surface area contributed by atoms with Crippen molar-refractivity contribution >= 4 is 28.7 Å². The van der Waals surface area contributed by atoms with Gasteiger partial charge in [0.15, 0.2) is 5.17 Å². The second kappa shape index (κ2) is 6.96. The number of rotatable bonds is 1. The first-order chi connectivity index (χ1) is 12.5. The summed E-state index contributed by atoms with van der Waals surface area (Å²) in [5.41, 5.74) is 10.6. The van der Waals surface area contributed by atoms with Gasteiger partial charge in [-0.05, 0) is 39.0 Å². The van der Waals surface area contributed by atoms with Gasteiger partial charge in [0.25, 0.3) is 0 Å². The third-order valence-electron chi connectivity index (χ3n) is 4.59. The van der Waals surface area contributed by atoms with Crippen molar-refractivity contribution in [2.24, 2.45) is 10.7 Å². The number of amidine groups is 1. The Hall–Kier alpha value is -1.84. The van der Waals surface area contributed by atoms with E-state index in [1.165, 1.54) is 23.9 Å². The van der Waals surface area contributed by atoms with Crippen LogP contribution in [0.1, 0.15) is 32.8 Å². The van der Waals surface area contributed by atoms with E-state index in [-0.39, 0.29) is 6.61 Å². The minimum atomic E-state index is -1.08. The highest BCUT2D eigenvalue weighted by atomic mass is 32.2. The fourth-order valence-electron chi connectivity index (χ4n) is 3.35. The van der Waals surface area contributed by atoms with E-state index in [1.807, 2.05) is 0 Å². The van der Waals surface area contributed by atoms with Crippen LogP contribution in [-0.2, 0) is 15.0 Å². The van der Waals surface area contributed by atoms with E-state index in [4.69, 9.17) is 25.9 Å². The molecule has 1 fully saturated rings. The molecule has 7 nitrogen and oxygen atoms in total. The Balaban J connectivity index is 2.02. The molecule has 1 aromatic carbocycles. The number of fused-ring (bicyclic) bond motifs is 1. The molecule has 0 saturated carbocycles. The van der Waals surface area contributed by atoms with E-state index in [0.717, 1.165) is 0 Å². The molecule has 2 atom stereocenters. The van der Waals surface area contributed by atoms with E-state index in [2.05, 4.69) is 5.32 Å². The third kappa shape index (κ3) is 3.90. The molecule has 1 saturated heterocycles. The van der Waals surface area contributed by atoms with Gasteiger partial charge in [-0.3, -0.25) is 5.32 Å². The number of hydrogen-bond donors (Lipinski definition) is 3. The summed E-state index contributed by atoms with van der Waals surface area (Å²) in [5, 5.41) is 3.00. The van der Waals surface area contributed by atoms with Gasteiger partial charge in [0, 0.05) is 30.0 Å². The predicted molar refractivity (Wildman–Crippen MR) is 104 cm³/mol. The number of anilines is 1. The van der Waals surface area contributed by atoms with Gasteiger partial charge in [-0.25, -0.2) is 14.2 Å². The molecule has 2 aliphatic rings. The van der Waals surface area contributed by atoms with Crippen molar-refractivity contribution < 1.29 is 18.7 Å². The van der Waals surface area contributed by atoms with Crippen LogP contribution in [0, 0.1) is 5.82 Å². The maximum Gasteiger partial charge on any atom is 0.413 e. The zero-order chi connectivity index (χ0) is 19.9. The van der Waals surface area contributed by atoms with E-state index < -0.39 is 28.6 Å². The van der Waals surface area contributed by atoms with Crippen molar-refractivity contribution in [3.8, 4) is 0 Å². The zero-order valence-electron chi connectivity index (χ0n) is 15.7. The van der Waals surface area contributed by atoms with Crippen molar-refractivity contribution in [1.29, 1.82) is 0 Å². The van der Waals surface area contributed by atoms with Crippen LogP contribution in [0.4, 0.5) is 14.9 Å². The average molecular weight is 396 g/mol. The number of carbonyl (C=O) groups is 1. The quantitative estimate of drug-likeness (QED) is 0.628. The molecule has 27 heavy (non-hydrogen) atoms. The lowest BCUT2D eigenvalue weighted by Crippen LogP contribution is -2.67. The fourth-order valence-corrected chi connectivity index (χ4v) is 4.44. The molecule has 148 valence electrons. The monoisotopic (exact) mass is 396 g/mol. The minimum absolute atomic E-state index is 0.234. The maximum atomic E-state index is 14.8. The molecule has 0 aliphatic carbocycles. The first-order valence-electron chi connectivity index (χ1n) is 8.69. The molecule has 1 aromatic rings. The van der Waals surface area contributed by atoms with Crippen LogP contribution < -0.4 is 16.8 Å². The number of ether oxygens (including phenoxy) is 2. The van der Waals surface area contributed by atoms with Gasteiger partial charge in [0.05, 0.1) is 12.1 Å². The summed E-state index contributed by atoms with van der Waals surface area (Å²) in [6, 6.07) is 4.37. The molecule has 2 heterocycles. The summed E-state index contributed by atoms with van der Waals surface area (Å²) in [6.45, 7) is 5.93. The van der Waals surface area contributed by atoms with E-state index in [0.29, 0.717) is 35.2 Å². The summed E-state index contributed by atoms with van der Waals surface area (Å²) in [5.74, 6) is -0.0382. The van der Waals surface area contributed by atoms with E-state index >= 15 is 0 Å². The largest absolute Gasteiger partial charge is 0.444 e. The third-order valence-corrected chi connectivity index (χ3v) is 5.72. The van der Waals surface area contributed by atoms with Crippen molar-refractivity contribution in [2.45, 2.75) is 43.9 Å². The van der Waals surface area contributed by atoms with Gasteiger partial charge < -0.3 is 20.9 Å². The molecule has 0 unspecified atom stereocenters. The normalized spacial score (nSPS) is 28.1. The van der Waals surface area contributed by atoms with Gasteiger partial charge in [-0.1, -0.05) is 11.8 Å². The summed E-state index contributed by atoms with van der Waals surface area (Å²) in [6.07, 6.45) is -0.238. The van der Waals surface area contributed by atoms with Crippen LogP contribution in [0.2, 0.25) is 0 Å². The first-order valence-corrected chi connectivity index (χ1v) is 9.68. The second-order valence-corrected chi connectivity index (χ2v) is 8.85. The number of benzene rings is 1. The molecular weight excluding hydrogens is 371 g/mol. The minimum Gasteiger partial charge on any atom is -0.444 e. The SMILES string of the molecule is CC(C)(C)OC(=O)NC1=N[C@@]2(c3cc(N)ccc3F)CCOC[C@]2(N)CS1. The van der Waals surface area contributed by atoms with E-state index in [9.17, 15) is 9.18 Å². The van der Waals surface area contributed by atoms with Crippen LogP contribution in [0.15, 0.2) is 23.2 Å². The number of hydrogen-bond acceptors (Lipinski definition) is 7. The molecule has 3 rings (SSSR count). The number of thioether (sulfide) groups is 1. The number of amides is 1. The van der Waals surface area contributed by atoms with Crippen molar-refractivity contribution in [3.05, 3.63) is 29.6 Å². The topological polar surface area (TPSA) is 112 Å². The van der Waals surface area contributed by atoms with Crippen LogP contribution >= 0.6 is 11.8 Å². The number of carbonyl (C=O) groups excluding carboxylic acids is 1. The van der Waals surface area contributed by atoms with Gasteiger partial charge in [0.1, 0.15) is 17.0 Å². The van der Waals surface area contributed by atoms with Crippen LogP contribution in [0.5, 0.6) is 0 Å². The van der Waals surface area contributed by atoms with Gasteiger partial charge in [0.2, 0.25) is 0 Å². The lowest BCUT2D eigenvalue weighted by atomic mass is 9.70. The lowest BCUT2D eigenvalue weighted by Gasteiger charge is -2.51. The van der Waals surface area contributed by atoms with Crippen molar-refractivity contribution in [3.63, 3.8) is 0 Å². The van der Waals surface area contributed by atoms with Crippen LogP contribution in [0.25, 0.3) is 0 Å². The maximum absolute atomic E-state index is 14.8. The van der Waals surface area contributed by atoms with Crippen LogP contribution in [0.3, 0.4) is 0 Å². The van der Waals surface area contributed by atoms with Crippen molar-refractivity contribution in [1.82, 2.24) is 5.32 Å². The zero-order valence-corrected chi connectivity index (χ0v) is 16.5. The Morgan fingerprint density at radius 1 is 1.44 bits per heavy atom. The highest BCUT2D eigenvalue weighted by molar-refractivity contribution is 8.14. The molecule has 9 heteroatoms. The fraction of sp³-hybridized carbons (Fsp3) is 0.556. The number of nitrogens with two attached hydrogens (primary N) is 2. The highest BCUT2D eigenvalue weighted by Crippen LogP contribution is 2.47. The standard InChI is InChI=1S/C18H25FN4O3S/c1-16(2,3)26-15(24)22-14-23-18(12-8-11(20)4-5-13(12)19)6-7-25-9-17(18,21)10-27-14/h4-5,8H,6-7,9-10,20-21H2,1-3H3,(H,22,23,24)/t17-,18+/m0/s1. The number of halogens is 1. The lowest BCUT2D eigenvalue weighted by molar-refractivity contribution is -0.00909. The molecule has 1 amide bonds. The first kappa shape index (κ1) is 19.9. The Labute approximate surface area is 162 Å². The Bertz CT molecular complexity index is 782. The predicted octanol–water partition coefficient (Wildman–Crippen LogP) is 2.35. The molecular formula is C18H25FN4O3S. The summed E-state index contributed by atoms with van der Waals surface area (Å²) < 4.78 is 25.6. The smallest absolute Gasteiger partial charge is 0.413 e. The Kier molecular flexibility index (Phi) is 5.13. The average Bonchev–Trinajstić information content (AvgIpc) is 2.55. The Morgan fingerprint density at radius 2 is 2.19 bits per heavy atom. The molecule has 0 spiro atoms. The Morgan fingerprint density at radius 3 is 2.89 bits per heavy atom. The summed E-state index contributed by atoms with van der Waals surface area (Å²) >= 11 is 1.28. The molecule has 5 N–H and O–H groups in total. The van der Waals surface area contributed by atoms with Gasteiger partial charge in [-0.2, -0.15) is 0 Å². The number of alkyl carbamates (subject to hydrolysis) is 1. The molecule has 0 radical (unpaired) electrons. The van der Waals surface area contributed by atoms with Gasteiger partial charge >= 0.3 is 6.09 Å². The molecule has 0 bridgehead atoms.